The van der Waals surface area contributed by atoms with Gasteiger partial charge in [-0.1, -0.05) is 50.6 Å². The van der Waals surface area contributed by atoms with E-state index in [0.717, 1.165) is 48.9 Å². The summed E-state index contributed by atoms with van der Waals surface area (Å²) in [5.41, 5.74) is 5.59. The molecular weight excluding hydrogens is 334 g/mol. The van der Waals surface area contributed by atoms with Crippen LogP contribution in [0, 0.1) is 6.92 Å². The van der Waals surface area contributed by atoms with Crippen LogP contribution < -0.4 is 9.80 Å². The van der Waals surface area contributed by atoms with Crippen molar-refractivity contribution in [3.63, 3.8) is 0 Å². The molecule has 0 unspecified atom stereocenters. The molecule has 2 aromatic heterocycles. The maximum atomic E-state index is 5.04. The molecule has 0 amide bonds. The summed E-state index contributed by atoms with van der Waals surface area (Å²) in [4.78, 5) is 9.10. The Morgan fingerprint density at radius 1 is 1.04 bits per heavy atom. The van der Waals surface area contributed by atoms with E-state index in [9.17, 15) is 0 Å². The number of likely N-dealkylation sites (N-methyl/N-ethyl adjacent to an activating group) is 1. The van der Waals surface area contributed by atoms with Gasteiger partial charge in [-0.3, -0.25) is 0 Å². The topological polar surface area (TPSA) is 37.9 Å². The predicted octanol–water partition coefficient (Wildman–Crippen LogP) is 2.34. The SMILES string of the molecule is Cc1ccc(-c2cnn3c(N4CC[NH+](C)CC4)cc(C(C)(C)C)nc23)cc1. The predicted molar refractivity (Wildman–Crippen MR) is 111 cm³/mol. The molecule has 5 heteroatoms. The average Bonchev–Trinajstić information content (AvgIpc) is 3.06. The number of fused-ring (bicyclic) bond motifs is 1. The first-order valence-corrected chi connectivity index (χ1v) is 9.85. The maximum Gasteiger partial charge on any atom is 0.165 e. The van der Waals surface area contributed by atoms with Gasteiger partial charge in [0.2, 0.25) is 0 Å². The third-order valence-corrected chi connectivity index (χ3v) is 5.52. The van der Waals surface area contributed by atoms with Gasteiger partial charge in [-0.2, -0.15) is 9.61 Å². The summed E-state index contributed by atoms with van der Waals surface area (Å²) >= 11 is 0. The van der Waals surface area contributed by atoms with Gasteiger partial charge in [0.1, 0.15) is 5.82 Å². The van der Waals surface area contributed by atoms with Gasteiger partial charge in [0.15, 0.2) is 5.65 Å². The van der Waals surface area contributed by atoms with Crippen LogP contribution in [-0.4, -0.2) is 47.8 Å². The summed E-state index contributed by atoms with van der Waals surface area (Å²) in [6, 6.07) is 10.9. The van der Waals surface area contributed by atoms with Gasteiger partial charge in [-0.25, -0.2) is 4.98 Å². The number of piperazine rings is 1. The highest BCUT2D eigenvalue weighted by Gasteiger charge is 2.25. The van der Waals surface area contributed by atoms with Crippen molar-refractivity contribution in [2.24, 2.45) is 0 Å². The maximum absolute atomic E-state index is 5.04. The smallest absolute Gasteiger partial charge is 0.165 e. The summed E-state index contributed by atoms with van der Waals surface area (Å²) in [7, 11) is 2.27. The van der Waals surface area contributed by atoms with Crippen molar-refractivity contribution in [2.45, 2.75) is 33.1 Å². The van der Waals surface area contributed by atoms with Crippen LogP contribution in [0.2, 0.25) is 0 Å². The molecule has 5 nitrogen and oxygen atoms in total. The lowest BCUT2D eigenvalue weighted by Crippen LogP contribution is -3.12. The van der Waals surface area contributed by atoms with Crippen molar-refractivity contribution in [2.75, 3.05) is 38.1 Å². The molecule has 0 radical (unpaired) electrons. The van der Waals surface area contributed by atoms with Gasteiger partial charge in [0.05, 0.1) is 45.1 Å². The fourth-order valence-electron chi connectivity index (χ4n) is 3.61. The van der Waals surface area contributed by atoms with Crippen molar-refractivity contribution >= 4 is 11.5 Å². The van der Waals surface area contributed by atoms with E-state index < -0.39 is 0 Å². The Morgan fingerprint density at radius 2 is 1.70 bits per heavy atom. The number of quaternary nitrogens is 1. The molecule has 0 saturated carbocycles. The van der Waals surface area contributed by atoms with E-state index in [0.29, 0.717) is 0 Å². The molecule has 1 fully saturated rings. The van der Waals surface area contributed by atoms with Crippen molar-refractivity contribution in [1.29, 1.82) is 0 Å². The third-order valence-electron chi connectivity index (χ3n) is 5.52. The van der Waals surface area contributed by atoms with E-state index >= 15 is 0 Å². The number of aryl methyl sites for hydroxylation is 1. The monoisotopic (exact) mass is 364 g/mol. The highest BCUT2D eigenvalue weighted by molar-refractivity contribution is 5.78. The molecule has 1 aliphatic rings. The summed E-state index contributed by atoms with van der Waals surface area (Å²) in [5.74, 6) is 1.16. The Morgan fingerprint density at radius 3 is 2.33 bits per heavy atom. The summed E-state index contributed by atoms with van der Waals surface area (Å²) < 4.78 is 2.03. The number of aromatic nitrogens is 3. The van der Waals surface area contributed by atoms with Crippen molar-refractivity contribution in [1.82, 2.24) is 14.6 Å². The number of nitrogens with zero attached hydrogens (tertiary/aromatic N) is 4. The number of nitrogens with one attached hydrogen (secondary N) is 1. The highest BCUT2D eigenvalue weighted by Crippen LogP contribution is 2.31. The van der Waals surface area contributed by atoms with Crippen LogP contribution >= 0.6 is 0 Å². The van der Waals surface area contributed by atoms with Gasteiger partial charge in [-0.15, -0.1) is 0 Å². The van der Waals surface area contributed by atoms with Crippen LogP contribution in [0.4, 0.5) is 5.82 Å². The van der Waals surface area contributed by atoms with E-state index in [1.54, 1.807) is 4.90 Å². The lowest BCUT2D eigenvalue weighted by atomic mass is 9.91. The summed E-state index contributed by atoms with van der Waals surface area (Å²) in [6.45, 7) is 13.2. The van der Waals surface area contributed by atoms with E-state index in [4.69, 9.17) is 10.1 Å². The van der Waals surface area contributed by atoms with Gasteiger partial charge >= 0.3 is 0 Å². The number of rotatable bonds is 2. The lowest BCUT2D eigenvalue weighted by Gasteiger charge is -2.32. The molecule has 27 heavy (non-hydrogen) atoms. The molecule has 3 heterocycles. The fraction of sp³-hybridized carbons (Fsp3) is 0.455. The minimum atomic E-state index is -0.0108. The van der Waals surface area contributed by atoms with Gasteiger partial charge in [-0.05, 0) is 12.5 Å². The van der Waals surface area contributed by atoms with E-state index in [-0.39, 0.29) is 5.41 Å². The van der Waals surface area contributed by atoms with Gasteiger partial charge < -0.3 is 9.80 Å². The standard InChI is InChI=1S/C22H29N5/c1-16-6-8-17(9-7-16)18-15-23-27-20(26-12-10-25(5)11-13-26)14-19(22(2,3)4)24-21(18)27/h6-9,14-15H,10-13H2,1-5H3/p+1. The minimum Gasteiger partial charge on any atom is -0.345 e. The second-order valence-electron chi connectivity index (χ2n) is 8.85. The molecule has 1 aromatic carbocycles. The average molecular weight is 365 g/mol. The normalized spacial score (nSPS) is 16.3. The second-order valence-corrected chi connectivity index (χ2v) is 8.85. The number of hydrogen-bond acceptors (Lipinski definition) is 3. The van der Waals surface area contributed by atoms with Crippen LogP contribution in [0.15, 0.2) is 36.5 Å². The summed E-state index contributed by atoms with van der Waals surface area (Å²) in [5, 5.41) is 4.74. The second kappa shape index (κ2) is 6.64. The van der Waals surface area contributed by atoms with Crippen LogP contribution in [0.25, 0.3) is 16.8 Å². The Hall–Kier alpha value is -2.40. The van der Waals surface area contributed by atoms with Crippen LogP contribution in [-0.2, 0) is 5.41 Å². The van der Waals surface area contributed by atoms with Crippen molar-refractivity contribution in [3.8, 4) is 11.1 Å². The van der Waals surface area contributed by atoms with Crippen LogP contribution in [0.1, 0.15) is 32.0 Å². The van der Waals surface area contributed by atoms with Crippen LogP contribution in [0.3, 0.4) is 0 Å². The Bertz CT molecular complexity index is 941. The molecule has 0 atom stereocenters. The highest BCUT2D eigenvalue weighted by atomic mass is 15.4. The Kier molecular flexibility index (Phi) is 4.42. The minimum absolute atomic E-state index is 0.0108. The molecule has 1 aliphatic heterocycles. The Balaban J connectivity index is 1.88. The first kappa shape index (κ1) is 18.0. The molecular formula is C22H30N5+. The van der Waals surface area contributed by atoms with E-state index in [1.807, 2.05) is 10.7 Å². The zero-order chi connectivity index (χ0) is 19.2. The molecule has 4 rings (SSSR count). The quantitative estimate of drug-likeness (QED) is 0.758. The number of hydrogen-bond donors (Lipinski definition) is 1. The fourth-order valence-corrected chi connectivity index (χ4v) is 3.61. The zero-order valence-electron chi connectivity index (χ0n) is 17.1. The first-order valence-electron chi connectivity index (χ1n) is 9.85. The number of benzene rings is 1. The zero-order valence-corrected chi connectivity index (χ0v) is 17.1. The third kappa shape index (κ3) is 3.44. The van der Waals surface area contributed by atoms with Crippen molar-refractivity contribution in [3.05, 3.63) is 47.8 Å². The Labute approximate surface area is 161 Å². The number of anilines is 1. The largest absolute Gasteiger partial charge is 0.345 e. The van der Waals surface area contributed by atoms with Gasteiger partial charge in [0.25, 0.3) is 0 Å². The lowest BCUT2D eigenvalue weighted by molar-refractivity contribution is -0.880. The molecule has 1 N–H and O–H groups in total. The van der Waals surface area contributed by atoms with Crippen LogP contribution in [0.5, 0.6) is 0 Å². The molecule has 0 spiro atoms. The van der Waals surface area contributed by atoms with Crippen molar-refractivity contribution < 1.29 is 4.90 Å². The summed E-state index contributed by atoms with van der Waals surface area (Å²) in [6.07, 6.45) is 1.96. The van der Waals surface area contributed by atoms with E-state index in [1.165, 1.54) is 11.1 Å². The van der Waals surface area contributed by atoms with Gasteiger partial charge in [0, 0.05) is 17.0 Å². The molecule has 0 bridgehead atoms. The van der Waals surface area contributed by atoms with E-state index in [2.05, 4.69) is 70.0 Å². The molecule has 0 aliphatic carbocycles. The molecule has 1 saturated heterocycles. The first-order chi connectivity index (χ1) is 12.8. The molecule has 142 valence electrons. The molecule has 3 aromatic rings.